The summed E-state index contributed by atoms with van der Waals surface area (Å²) in [6.07, 6.45) is 0. The number of benzene rings is 2. The van der Waals surface area contributed by atoms with Crippen molar-refractivity contribution in [1.82, 2.24) is 4.72 Å². The number of anilines is 1. The largest absolute Gasteiger partial charge is 0.322 e. The zero-order chi connectivity index (χ0) is 19.7. The first-order chi connectivity index (χ1) is 11.9. The van der Waals surface area contributed by atoms with E-state index in [1.807, 2.05) is 0 Å². The van der Waals surface area contributed by atoms with Crippen molar-refractivity contribution < 1.29 is 22.0 Å². The molecule has 0 aromatic heterocycles. The lowest BCUT2D eigenvalue weighted by Gasteiger charge is -2.20. The summed E-state index contributed by atoms with van der Waals surface area (Å²) in [5, 5.41) is 2.15. The topological polar surface area (TPSA) is 75.3 Å². The quantitative estimate of drug-likeness (QED) is 0.760. The molecule has 9 heteroatoms. The van der Waals surface area contributed by atoms with Crippen LogP contribution >= 0.6 is 11.6 Å². The minimum absolute atomic E-state index is 0.0541. The molecule has 1 amide bonds. The number of hydrogen-bond acceptors (Lipinski definition) is 3. The van der Waals surface area contributed by atoms with Gasteiger partial charge in [-0.15, -0.1) is 0 Å². The van der Waals surface area contributed by atoms with Crippen LogP contribution in [0.3, 0.4) is 0 Å². The van der Waals surface area contributed by atoms with Crippen LogP contribution in [-0.2, 0) is 10.0 Å². The normalized spacial score (nSPS) is 12.1. The summed E-state index contributed by atoms with van der Waals surface area (Å²) in [7, 11) is -3.80. The summed E-state index contributed by atoms with van der Waals surface area (Å²) in [6.45, 7) is 5.09. The van der Waals surface area contributed by atoms with Gasteiger partial charge in [-0.05, 0) is 51.1 Å². The van der Waals surface area contributed by atoms with E-state index in [-0.39, 0.29) is 21.2 Å². The number of rotatable bonds is 4. The average molecular weight is 403 g/mol. The number of sulfonamides is 1. The van der Waals surface area contributed by atoms with Crippen LogP contribution in [0.5, 0.6) is 0 Å². The molecule has 5 nitrogen and oxygen atoms in total. The molecule has 0 bridgehead atoms. The predicted molar refractivity (Wildman–Crippen MR) is 95.8 cm³/mol. The molecule has 0 heterocycles. The maximum Gasteiger partial charge on any atom is 0.257 e. The van der Waals surface area contributed by atoms with Crippen LogP contribution in [0.25, 0.3) is 0 Å². The second kappa shape index (κ2) is 7.30. The Hall–Kier alpha value is -2.03. The SMILES string of the molecule is CC(C)(C)NS(=O)(=O)c1cccc(NC(=O)c2cc(F)c(F)cc2Cl)c1. The van der Waals surface area contributed by atoms with E-state index in [0.29, 0.717) is 12.1 Å². The van der Waals surface area contributed by atoms with Crippen molar-refractivity contribution in [3.8, 4) is 0 Å². The van der Waals surface area contributed by atoms with Gasteiger partial charge in [-0.25, -0.2) is 21.9 Å². The first kappa shape index (κ1) is 20.3. The third-order valence-electron chi connectivity index (χ3n) is 3.10. The van der Waals surface area contributed by atoms with Crippen molar-refractivity contribution in [2.24, 2.45) is 0 Å². The van der Waals surface area contributed by atoms with E-state index >= 15 is 0 Å². The molecular weight excluding hydrogens is 386 g/mol. The maximum absolute atomic E-state index is 13.3. The van der Waals surface area contributed by atoms with Gasteiger partial charge < -0.3 is 5.32 Å². The van der Waals surface area contributed by atoms with Gasteiger partial charge in [0.1, 0.15) is 0 Å². The maximum atomic E-state index is 13.3. The summed E-state index contributed by atoms with van der Waals surface area (Å²) in [5.41, 5.74) is -0.795. The molecule has 0 spiro atoms. The average Bonchev–Trinajstić information content (AvgIpc) is 2.48. The van der Waals surface area contributed by atoms with Gasteiger partial charge in [-0.1, -0.05) is 17.7 Å². The van der Waals surface area contributed by atoms with E-state index in [1.165, 1.54) is 24.3 Å². The summed E-state index contributed by atoms with van der Waals surface area (Å²) in [4.78, 5) is 12.2. The van der Waals surface area contributed by atoms with Crippen molar-refractivity contribution in [3.63, 3.8) is 0 Å². The van der Waals surface area contributed by atoms with Gasteiger partial charge in [0.15, 0.2) is 11.6 Å². The minimum Gasteiger partial charge on any atom is -0.322 e. The minimum atomic E-state index is -3.80. The van der Waals surface area contributed by atoms with Crippen molar-refractivity contribution >= 4 is 33.2 Å². The van der Waals surface area contributed by atoms with Crippen LogP contribution in [-0.4, -0.2) is 19.9 Å². The fraction of sp³-hybridized carbons (Fsp3) is 0.235. The Morgan fingerprint density at radius 3 is 2.31 bits per heavy atom. The van der Waals surface area contributed by atoms with E-state index < -0.39 is 33.1 Å². The summed E-state index contributed by atoms with van der Waals surface area (Å²) < 4.78 is 53.6. The first-order valence-electron chi connectivity index (χ1n) is 7.49. The Morgan fingerprint density at radius 1 is 1.08 bits per heavy atom. The lowest BCUT2D eigenvalue weighted by atomic mass is 10.1. The Kier molecular flexibility index (Phi) is 5.70. The molecule has 2 aromatic rings. The van der Waals surface area contributed by atoms with Gasteiger partial charge in [0.05, 0.1) is 15.5 Å². The van der Waals surface area contributed by atoms with Crippen LogP contribution in [0.2, 0.25) is 5.02 Å². The van der Waals surface area contributed by atoms with Crippen LogP contribution in [0.15, 0.2) is 41.3 Å². The fourth-order valence-corrected chi connectivity index (χ4v) is 3.80. The molecule has 0 aliphatic heterocycles. The summed E-state index contributed by atoms with van der Waals surface area (Å²) in [6, 6.07) is 6.89. The van der Waals surface area contributed by atoms with E-state index in [4.69, 9.17) is 11.6 Å². The van der Waals surface area contributed by atoms with Gasteiger partial charge in [0.2, 0.25) is 10.0 Å². The summed E-state index contributed by atoms with van der Waals surface area (Å²) >= 11 is 5.77. The van der Waals surface area contributed by atoms with Gasteiger partial charge >= 0.3 is 0 Å². The molecule has 26 heavy (non-hydrogen) atoms. The van der Waals surface area contributed by atoms with E-state index in [1.54, 1.807) is 20.8 Å². The van der Waals surface area contributed by atoms with Gasteiger partial charge in [0.25, 0.3) is 5.91 Å². The Labute approximate surface area is 155 Å². The fourth-order valence-electron chi connectivity index (χ4n) is 2.10. The highest BCUT2D eigenvalue weighted by molar-refractivity contribution is 7.89. The smallest absolute Gasteiger partial charge is 0.257 e. The molecule has 0 radical (unpaired) electrons. The molecule has 0 saturated carbocycles. The van der Waals surface area contributed by atoms with Crippen molar-refractivity contribution in [2.75, 3.05) is 5.32 Å². The molecule has 140 valence electrons. The molecule has 2 N–H and O–H groups in total. The number of carbonyl (C=O) groups excluding carboxylic acids is 1. The third kappa shape index (κ3) is 5.00. The van der Waals surface area contributed by atoms with E-state index in [0.717, 1.165) is 0 Å². The Balaban J connectivity index is 2.29. The van der Waals surface area contributed by atoms with Crippen LogP contribution in [0.4, 0.5) is 14.5 Å². The molecular formula is C17H17ClF2N2O3S. The molecule has 2 aromatic carbocycles. The summed E-state index contributed by atoms with van der Waals surface area (Å²) in [5.74, 6) is -3.19. The van der Waals surface area contributed by atoms with Crippen molar-refractivity contribution in [1.29, 1.82) is 0 Å². The van der Waals surface area contributed by atoms with Crippen LogP contribution in [0, 0.1) is 11.6 Å². The monoisotopic (exact) mass is 402 g/mol. The zero-order valence-electron chi connectivity index (χ0n) is 14.2. The van der Waals surface area contributed by atoms with Gasteiger partial charge in [-0.2, -0.15) is 0 Å². The Bertz CT molecular complexity index is 957. The molecule has 0 aliphatic rings. The molecule has 0 atom stereocenters. The van der Waals surface area contributed by atoms with E-state index in [2.05, 4.69) is 10.0 Å². The number of carbonyl (C=O) groups is 1. The predicted octanol–water partition coefficient (Wildman–Crippen LogP) is 3.95. The Morgan fingerprint density at radius 2 is 1.69 bits per heavy atom. The molecule has 0 fully saturated rings. The number of halogens is 3. The number of nitrogens with one attached hydrogen (secondary N) is 2. The molecule has 0 unspecified atom stereocenters. The first-order valence-corrected chi connectivity index (χ1v) is 9.35. The highest BCUT2D eigenvalue weighted by Crippen LogP contribution is 2.22. The highest BCUT2D eigenvalue weighted by Gasteiger charge is 2.22. The van der Waals surface area contributed by atoms with Gasteiger partial charge in [0, 0.05) is 11.2 Å². The third-order valence-corrected chi connectivity index (χ3v) is 5.17. The van der Waals surface area contributed by atoms with Crippen molar-refractivity contribution in [3.05, 3.63) is 58.6 Å². The molecule has 0 aliphatic carbocycles. The molecule has 0 saturated heterocycles. The second-order valence-corrected chi connectivity index (χ2v) is 8.67. The lowest BCUT2D eigenvalue weighted by Crippen LogP contribution is -2.40. The van der Waals surface area contributed by atoms with Crippen LogP contribution < -0.4 is 10.0 Å². The standard InChI is InChI=1S/C17H17ClF2N2O3S/c1-17(2,3)22-26(24,25)11-6-4-5-10(7-11)21-16(23)12-8-14(19)15(20)9-13(12)18/h4-9,22H,1-3H3,(H,21,23). The molecule has 2 rings (SSSR count). The van der Waals surface area contributed by atoms with E-state index in [9.17, 15) is 22.0 Å². The number of amides is 1. The van der Waals surface area contributed by atoms with Crippen LogP contribution in [0.1, 0.15) is 31.1 Å². The zero-order valence-corrected chi connectivity index (χ0v) is 15.8. The second-order valence-electron chi connectivity index (χ2n) is 6.58. The van der Waals surface area contributed by atoms with Crippen molar-refractivity contribution in [2.45, 2.75) is 31.2 Å². The number of hydrogen-bond donors (Lipinski definition) is 2. The van der Waals surface area contributed by atoms with Gasteiger partial charge in [-0.3, -0.25) is 4.79 Å². The highest BCUT2D eigenvalue weighted by atomic mass is 35.5. The lowest BCUT2D eigenvalue weighted by molar-refractivity contribution is 0.102.